The summed E-state index contributed by atoms with van der Waals surface area (Å²) in [5.41, 5.74) is 2.81. The predicted octanol–water partition coefficient (Wildman–Crippen LogP) is 2.75. The van der Waals surface area contributed by atoms with Gasteiger partial charge in [-0.3, -0.25) is 0 Å². The summed E-state index contributed by atoms with van der Waals surface area (Å²) in [6.07, 6.45) is 0. The van der Waals surface area contributed by atoms with Crippen LogP contribution in [-0.2, 0) is 0 Å². The molecule has 0 amide bonds. The molecule has 20 heavy (non-hydrogen) atoms. The molecule has 1 heterocycles. The average Bonchev–Trinajstić information content (AvgIpc) is 2.52. The van der Waals surface area contributed by atoms with E-state index in [1.807, 2.05) is 60.7 Å². The van der Waals surface area contributed by atoms with Crippen molar-refractivity contribution in [2.24, 2.45) is 0 Å². The zero-order chi connectivity index (χ0) is 13.9. The fourth-order valence-corrected chi connectivity index (χ4v) is 2.09. The van der Waals surface area contributed by atoms with Gasteiger partial charge in [-0.05, 0) is 17.2 Å². The van der Waals surface area contributed by atoms with E-state index in [1.165, 1.54) is 0 Å². The summed E-state index contributed by atoms with van der Waals surface area (Å²) < 4.78 is 0.838. The van der Waals surface area contributed by atoms with Crippen molar-refractivity contribution in [2.45, 2.75) is 6.92 Å². The van der Waals surface area contributed by atoms with Gasteiger partial charge in [-0.2, -0.15) is 0 Å². The van der Waals surface area contributed by atoms with Crippen molar-refractivity contribution in [3.8, 4) is 22.6 Å². The van der Waals surface area contributed by atoms with Crippen LogP contribution in [0.15, 0.2) is 60.7 Å². The topological polar surface area (TPSA) is 52.7 Å². The van der Waals surface area contributed by atoms with E-state index in [0.29, 0.717) is 17.2 Å². The van der Waals surface area contributed by atoms with Crippen LogP contribution in [0, 0.1) is 12.1 Å². The van der Waals surface area contributed by atoms with Gasteiger partial charge in [-0.1, -0.05) is 48.5 Å². The summed E-state index contributed by atoms with van der Waals surface area (Å²) in [7, 11) is 0. The van der Waals surface area contributed by atoms with Crippen LogP contribution in [0.2, 0.25) is 0 Å². The Morgan fingerprint density at radius 2 is 1.35 bits per heavy atom. The minimum absolute atomic E-state index is 0.322. The van der Waals surface area contributed by atoms with Gasteiger partial charge in [0.2, 0.25) is 0 Å². The lowest BCUT2D eigenvalue weighted by molar-refractivity contribution is -0.603. The number of nitrogens with zero attached hydrogens (tertiary/aromatic N) is 3. The fourth-order valence-electron chi connectivity index (χ4n) is 2.09. The Morgan fingerprint density at radius 1 is 0.800 bits per heavy atom. The zero-order valence-corrected chi connectivity index (χ0v) is 11.0. The van der Waals surface area contributed by atoms with Crippen molar-refractivity contribution in [3.05, 3.63) is 71.6 Å². The molecule has 0 bridgehead atoms. The largest absolute Gasteiger partial charge is 0.710 e. The highest BCUT2D eigenvalue weighted by Crippen LogP contribution is 2.19. The van der Waals surface area contributed by atoms with Gasteiger partial charge in [0.1, 0.15) is 5.69 Å². The van der Waals surface area contributed by atoms with Gasteiger partial charge in [0, 0.05) is 12.5 Å². The third-order valence-corrected chi connectivity index (χ3v) is 3.16. The van der Waals surface area contributed by atoms with Crippen LogP contribution in [-0.4, -0.2) is 10.2 Å². The molecule has 3 aromatic rings. The summed E-state index contributed by atoms with van der Waals surface area (Å²) in [6, 6.07) is 18.9. The van der Waals surface area contributed by atoms with Gasteiger partial charge in [0.15, 0.2) is 5.69 Å². The Bertz CT molecular complexity index is 663. The lowest BCUT2D eigenvalue weighted by atomic mass is 10.1. The molecule has 3 rings (SSSR count). The number of benzene rings is 2. The molecule has 0 N–H and O–H groups in total. The minimum Gasteiger partial charge on any atom is -0.710 e. The molecular weight excluding hydrogens is 250 g/mol. The first kappa shape index (κ1) is 12.3. The quantitative estimate of drug-likeness (QED) is 0.527. The van der Waals surface area contributed by atoms with Gasteiger partial charge >= 0.3 is 5.82 Å². The first-order valence-electron chi connectivity index (χ1n) is 6.35. The molecule has 0 saturated carbocycles. The van der Waals surface area contributed by atoms with E-state index in [-0.39, 0.29) is 0 Å². The Morgan fingerprint density at radius 3 is 1.95 bits per heavy atom. The Hall–Kier alpha value is -2.75. The van der Waals surface area contributed by atoms with E-state index in [4.69, 9.17) is 0 Å². The smallest absolute Gasteiger partial charge is 0.361 e. The van der Waals surface area contributed by atoms with Crippen molar-refractivity contribution >= 4 is 0 Å². The molecule has 0 saturated heterocycles. The van der Waals surface area contributed by atoms with Crippen LogP contribution in [0.1, 0.15) is 5.69 Å². The van der Waals surface area contributed by atoms with Crippen molar-refractivity contribution in [1.82, 2.24) is 10.2 Å². The van der Waals surface area contributed by atoms with Crippen LogP contribution >= 0.6 is 0 Å². The van der Waals surface area contributed by atoms with Crippen LogP contribution in [0.25, 0.3) is 22.6 Å². The van der Waals surface area contributed by atoms with Crippen molar-refractivity contribution in [2.75, 3.05) is 0 Å². The second kappa shape index (κ2) is 5.09. The molecule has 0 radical (unpaired) electrons. The Labute approximate surface area is 116 Å². The first-order chi connectivity index (χ1) is 9.77. The third kappa shape index (κ3) is 2.12. The molecule has 4 heteroatoms. The van der Waals surface area contributed by atoms with E-state index >= 15 is 0 Å². The Kier molecular flexibility index (Phi) is 3.13. The molecule has 0 unspecified atom stereocenters. The molecule has 0 aliphatic heterocycles. The van der Waals surface area contributed by atoms with E-state index in [2.05, 4.69) is 10.2 Å². The fraction of sp³-hybridized carbons (Fsp3) is 0.0625. The van der Waals surface area contributed by atoms with Gasteiger partial charge in [0.05, 0.1) is 10.7 Å². The normalized spacial score (nSPS) is 10.4. The molecule has 0 fully saturated rings. The number of aromatic nitrogens is 3. The van der Waals surface area contributed by atoms with Gasteiger partial charge in [0.25, 0.3) is 0 Å². The predicted molar refractivity (Wildman–Crippen MR) is 76.6 cm³/mol. The summed E-state index contributed by atoms with van der Waals surface area (Å²) in [6.45, 7) is 1.76. The van der Waals surface area contributed by atoms with E-state index < -0.39 is 0 Å². The lowest BCUT2D eigenvalue weighted by Gasteiger charge is -2.11. The van der Waals surface area contributed by atoms with Gasteiger partial charge < -0.3 is 5.21 Å². The minimum atomic E-state index is 0.322. The number of hydrogen-bond donors (Lipinski definition) is 0. The van der Waals surface area contributed by atoms with Crippen LogP contribution in [0.5, 0.6) is 0 Å². The molecular formula is C16H13N3O. The van der Waals surface area contributed by atoms with E-state index in [0.717, 1.165) is 15.9 Å². The number of rotatable bonds is 2. The second-order valence-electron chi connectivity index (χ2n) is 4.48. The van der Waals surface area contributed by atoms with Gasteiger partial charge in [-0.25, -0.2) is 4.73 Å². The third-order valence-electron chi connectivity index (χ3n) is 3.16. The Balaban J connectivity index is 2.13. The maximum atomic E-state index is 12.4. The van der Waals surface area contributed by atoms with Crippen molar-refractivity contribution < 1.29 is 4.73 Å². The van der Waals surface area contributed by atoms with E-state index in [1.54, 1.807) is 6.92 Å². The van der Waals surface area contributed by atoms with Gasteiger partial charge in [-0.15, -0.1) is 0 Å². The molecule has 0 spiro atoms. The summed E-state index contributed by atoms with van der Waals surface area (Å²) >= 11 is 0. The molecule has 1 aromatic heterocycles. The summed E-state index contributed by atoms with van der Waals surface area (Å²) in [4.78, 5) is 0. The molecule has 0 aliphatic carbocycles. The highest BCUT2D eigenvalue weighted by Gasteiger charge is 2.18. The first-order valence-corrected chi connectivity index (χ1v) is 6.35. The maximum Gasteiger partial charge on any atom is 0.361 e. The number of hydrogen-bond acceptors (Lipinski definition) is 3. The molecule has 98 valence electrons. The average molecular weight is 263 g/mol. The SMILES string of the molecule is Cc1c(-c2ccccc2)nnc(-c2ccccc2)[n+]1[O-]. The van der Waals surface area contributed by atoms with Crippen molar-refractivity contribution in [3.63, 3.8) is 0 Å². The molecule has 4 nitrogen and oxygen atoms in total. The molecule has 0 aliphatic rings. The van der Waals surface area contributed by atoms with Crippen LogP contribution < -0.4 is 4.73 Å². The summed E-state index contributed by atoms with van der Waals surface area (Å²) in [5.74, 6) is 0.322. The van der Waals surface area contributed by atoms with E-state index in [9.17, 15) is 5.21 Å². The summed E-state index contributed by atoms with van der Waals surface area (Å²) in [5, 5.41) is 20.7. The zero-order valence-electron chi connectivity index (χ0n) is 11.0. The monoisotopic (exact) mass is 263 g/mol. The maximum absolute atomic E-state index is 12.4. The molecule has 0 atom stereocenters. The van der Waals surface area contributed by atoms with Crippen LogP contribution in [0.4, 0.5) is 0 Å². The van der Waals surface area contributed by atoms with Crippen molar-refractivity contribution in [1.29, 1.82) is 0 Å². The lowest BCUT2D eigenvalue weighted by Crippen LogP contribution is -2.35. The van der Waals surface area contributed by atoms with Crippen LogP contribution in [0.3, 0.4) is 0 Å². The second-order valence-corrected chi connectivity index (χ2v) is 4.48. The highest BCUT2D eigenvalue weighted by atomic mass is 16.5. The highest BCUT2D eigenvalue weighted by molar-refractivity contribution is 5.60. The molecule has 2 aromatic carbocycles. The standard InChI is InChI=1S/C16H13N3O/c1-12-15(13-8-4-2-5-9-13)17-18-16(19(12)20)14-10-6-3-7-11-14/h2-11H,1H3.